The van der Waals surface area contributed by atoms with Gasteiger partial charge in [-0.2, -0.15) is 0 Å². The van der Waals surface area contributed by atoms with Gasteiger partial charge in [0.15, 0.2) is 0 Å². The van der Waals surface area contributed by atoms with Crippen LogP contribution in [0, 0.1) is 0 Å². The van der Waals surface area contributed by atoms with Gasteiger partial charge in [-0.25, -0.2) is 0 Å². The molecule has 1 atom stereocenters. The maximum Gasteiger partial charge on any atom is 0.227 e. The van der Waals surface area contributed by atoms with Crippen molar-refractivity contribution < 1.29 is 4.79 Å². The molecule has 1 fully saturated rings. The Morgan fingerprint density at radius 3 is 2.26 bits per heavy atom. The van der Waals surface area contributed by atoms with Gasteiger partial charge in [-0.3, -0.25) is 9.69 Å². The summed E-state index contributed by atoms with van der Waals surface area (Å²) in [5, 5.41) is 1.15. The Hall–Kier alpha value is -2.33. The molecule has 0 aromatic heterocycles. The largest absolute Gasteiger partial charge is 0.340 e. The summed E-state index contributed by atoms with van der Waals surface area (Å²) in [4.78, 5) is 17.4. The molecule has 0 saturated carbocycles. The van der Waals surface area contributed by atoms with Gasteiger partial charge >= 0.3 is 0 Å². The third kappa shape index (κ3) is 5.28. The number of hydrogen-bond donors (Lipinski definition) is 0. The molecule has 1 heterocycles. The number of rotatable bonds is 7. The lowest BCUT2D eigenvalue weighted by Gasteiger charge is -2.40. The minimum atomic E-state index is 0.138. The zero-order valence-electron chi connectivity index (χ0n) is 20.2. The van der Waals surface area contributed by atoms with E-state index in [0.29, 0.717) is 28.4 Å². The zero-order valence-corrected chi connectivity index (χ0v) is 21.7. The van der Waals surface area contributed by atoms with Crippen LogP contribution in [0.4, 0.5) is 0 Å². The third-order valence-electron chi connectivity index (χ3n) is 7.63. The molecule has 2 aliphatic rings. The van der Waals surface area contributed by atoms with Crippen molar-refractivity contribution in [3.63, 3.8) is 0 Å². The Balaban J connectivity index is 1.11. The minimum Gasteiger partial charge on any atom is -0.340 e. The van der Waals surface area contributed by atoms with Crippen molar-refractivity contribution in [1.82, 2.24) is 9.80 Å². The summed E-state index contributed by atoms with van der Waals surface area (Å²) < 4.78 is 0. The molecular weight excluding hydrogens is 475 g/mol. The summed E-state index contributed by atoms with van der Waals surface area (Å²) in [7, 11) is 0. The Morgan fingerprint density at radius 1 is 0.914 bits per heavy atom. The number of halogens is 2. The fraction of sp³-hybridized carbons (Fsp3) is 0.367. The fourth-order valence-electron chi connectivity index (χ4n) is 5.73. The van der Waals surface area contributed by atoms with Crippen molar-refractivity contribution in [2.45, 2.75) is 44.6 Å². The first-order chi connectivity index (χ1) is 17.0. The Labute approximate surface area is 218 Å². The molecule has 1 aliphatic carbocycles. The molecule has 0 unspecified atom stereocenters. The SMILES string of the molecule is C[C@@H]1CN(C(=O)Cc2ccc(Cl)cc2Cl)CCN1CCCCC1c2ccccc2-c2ccccc21. The monoisotopic (exact) mass is 506 g/mol. The Kier molecular flexibility index (Phi) is 7.48. The molecule has 0 N–H and O–H groups in total. The molecule has 0 spiro atoms. The lowest BCUT2D eigenvalue weighted by molar-refractivity contribution is -0.133. The van der Waals surface area contributed by atoms with Crippen LogP contribution < -0.4 is 0 Å². The Bertz CT molecular complexity index is 1160. The van der Waals surface area contributed by atoms with E-state index in [1.807, 2.05) is 11.0 Å². The van der Waals surface area contributed by atoms with Gasteiger partial charge in [0.25, 0.3) is 0 Å². The second-order valence-corrected chi connectivity index (χ2v) is 10.7. The quantitative estimate of drug-likeness (QED) is 0.320. The van der Waals surface area contributed by atoms with E-state index in [0.717, 1.165) is 31.7 Å². The van der Waals surface area contributed by atoms with E-state index in [-0.39, 0.29) is 5.91 Å². The zero-order chi connectivity index (χ0) is 24.4. The van der Waals surface area contributed by atoms with Crippen LogP contribution in [0.15, 0.2) is 66.7 Å². The summed E-state index contributed by atoms with van der Waals surface area (Å²) in [6.45, 7) is 5.79. The predicted molar refractivity (Wildman–Crippen MR) is 145 cm³/mol. The molecule has 1 saturated heterocycles. The van der Waals surface area contributed by atoms with Crippen molar-refractivity contribution >= 4 is 29.1 Å². The van der Waals surface area contributed by atoms with Crippen LogP contribution in [0.1, 0.15) is 48.8 Å². The number of amides is 1. The molecule has 0 radical (unpaired) electrons. The Morgan fingerprint density at radius 2 is 1.60 bits per heavy atom. The lowest BCUT2D eigenvalue weighted by Crippen LogP contribution is -2.54. The molecule has 1 aliphatic heterocycles. The van der Waals surface area contributed by atoms with Gasteiger partial charge in [-0.1, -0.05) is 84.2 Å². The highest BCUT2D eigenvalue weighted by molar-refractivity contribution is 6.35. The maximum absolute atomic E-state index is 12.9. The van der Waals surface area contributed by atoms with Gasteiger partial charge in [-0.15, -0.1) is 0 Å². The molecule has 3 aromatic carbocycles. The number of benzene rings is 3. The number of hydrogen-bond acceptors (Lipinski definition) is 2. The summed E-state index contributed by atoms with van der Waals surface area (Å²) in [5.41, 5.74) is 6.61. The van der Waals surface area contributed by atoms with E-state index in [9.17, 15) is 4.79 Å². The van der Waals surface area contributed by atoms with Crippen molar-refractivity contribution in [1.29, 1.82) is 0 Å². The second-order valence-electron chi connectivity index (χ2n) is 9.86. The maximum atomic E-state index is 12.9. The van der Waals surface area contributed by atoms with Crippen LogP contribution in [-0.4, -0.2) is 47.9 Å². The molecule has 3 aromatic rings. The van der Waals surface area contributed by atoms with Crippen molar-refractivity contribution in [2.24, 2.45) is 0 Å². The fourth-order valence-corrected chi connectivity index (χ4v) is 6.20. The van der Waals surface area contributed by atoms with Crippen LogP contribution in [0.5, 0.6) is 0 Å². The second kappa shape index (κ2) is 10.7. The average molecular weight is 508 g/mol. The molecule has 5 heteroatoms. The van der Waals surface area contributed by atoms with Crippen LogP contribution >= 0.6 is 23.2 Å². The molecule has 3 nitrogen and oxygen atoms in total. The molecular formula is C30H32Cl2N2O. The first kappa shape index (κ1) is 24.4. The highest BCUT2D eigenvalue weighted by atomic mass is 35.5. The minimum absolute atomic E-state index is 0.138. The van der Waals surface area contributed by atoms with E-state index in [4.69, 9.17) is 23.2 Å². The van der Waals surface area contributed by atoms with E-state index in [1.54, 1.807) is 12.1 Å². The lowest BCUT2D eigenvalue weighted by atomic mass is 9.91. The van der Waals surface area contributed by atoms with E-state index in [2.05, 4.69) is 60.4 Å². The number of carbonyl (C=O) groups is 1. The first-order valence-corrected chi connectivity index (χ1v) is 13.4. The number of nitrogens with zero attached hydrogens (tertiary/aromatic N) is 2. The highest BCUT2D eigenvalue weighted by Gasteiger charge is 2.29. The van der Waals surface area contributed by atoms with Gasteiger partial charge in [0, 0.05) is 41.6 Å². The van der Waals surface area contributed by atoms with Gasteiger partial charge in [0.05, 0.1) is 6.42 Å². The first-order valence-electron chi connectivity index (χ1n) is 12.6. The van der Waals surface area contributed by atoms with Crippen LogP contribution in [0.2, 0.25) is 10.0 Å². The third-order valence-corrected chi connectivity index (χ3v) is 8.21. The normalized spacial score (nSPS) is 17.9. The van der Waals surface area contributed by atoms with Crippen molar-refractivity contribution in [3.05, 3.63) is 93.5 Å². The summed E-state index contributed by atoms with van der Waals surface area (Å²) in [5.74, 6) is 0.647. The number of piperazine rings is 1. The number of unbranched alkanes of at least 4 members (excludes halogenated alkanes) is 1. The van der Waals surface area contributed by atoms with Gasteiger partial charge in [-0.05, 0) is 66.3 Å². The van der Waals surface area contributed by atoms with Gasteiger partial charge in [0.2, 0.25) is 5.91 Å². The molecule has 35 heavy (non-hydrogen) atoms. The van der Waals surface area contributed by atoms with Crippen molar-refractivity contribution in [2.75, 3.05) is 26.2 Å². The van der Waals surface area contributed by atoms with Crippen LogP contribution in [0.25, 0.3) is 11.1 Å². The standard InChI is InChI=1S/C30H32Cl2N2O/c1-21-20-34(30(35)18-22-13-14-23(31)19-29(22)32)17-16-33(21)15-7-6-12-28-26-10-4-2-8-24(26)25-9-3-5-11-27(25)28/h2-5,8-11,13-14,19,21,28H,6-7,12,15-18,20H2,1H3/t21-/m1/s1. The van der Waals surface area contributed by atoms with E-state index < -0.39 is 0 Å². The molecule has 5 rings (SSSR count). The smallest absolute Gasteiger partial charge is 0.227 e. The molecule has 0 bridgehead atoms. The predicted octanol–water partition coefficient (Wildman–Crippen LogP) is 7.05. The number of fused-ring (bicyclic) bond motifs is 3. The molecule has 1 amide bonds. The summed E-state index contributed by atoms with van der Waals surface area (Å²) in [6, 6.07) is 23.5. The van der Waals surface area contributed by atoms with E-state index in [1.165, 1.54) is 41.5 Å². The molecule has 182 valence electrons. The van der Waals surface area contributed by atoms with Gasteiger partial charge < -0.3 is 4.90 Å². The van der Waals surface area contributed by atoms with Crippen LogP contribution in [-0.2, 0) is 11.2 Å². The van der Waals surface area contributed by atoms with Gasteiger partial charge in [0.1, 0.15) is 0 Å². The number of carbonyl (C=O) groups excluding carboxylic acids is 1. The average Bonchev–Trinajstić information content (AvgIpc) is 3.18. The summed E-state index contributed by atoms with van der Waals surface area (Å²) in [6.07, 6.45) is 3.89. The topological polar surface area (TPSA) is 23.6 Å². The highest BCUT2D eigenvalue weighted by Crippen LogP contribution is 2.46. The summed E-state index contributed by atoms with van der Waals surface area (Å²) >= 11 is 12.3. The van der Waals surface area contributed by atoms with Crippen LogP contribution in [0.3, 0.4) is 0 Å². The van der Waals surface area contributed by atoms with E-state index >= 15 is 0 Å². The van der Waals surface area contributed by atoms with Crippen molar-refractivity contribution in [3.8, 4) is 11.1 Å².